The Kier molecular flexibility index (Phi) is 3.35. The number of ether oxygens (including phenoxy) is 1. The Balaban J connectivity index is 2.13. The van der Waals surface area contributed by atoms with Gasteiger partial charge >= 0.3 is 5.97 Å². The van der Waals surface area contributed by atoms with E-state index in [1.807, 2.05) is 18.2 Å². The molecule has 3 rings (SSSR count). The topological polar surface area (TPSA) is 94.8 Å². The van der Waals surface area contributed by atoms with Crippen LogP contribution in [0.5, 0.6) is 0 Å². The molecule has 2 aromatic rings. The third-order valence-electron chi connectivity index (χ3n) is 3.18. The Morgan fingerprint density at radius 1 is 1.48 bits per heavy atom. The van der Waals surface area contributed by atoms with Crippen molar-refractivity contribution in [1.82, 2.24) is 25.2 Å². The molecule has 8 heteroatoms. The van der Waals surface area contributed by atoms with Crippen molar-refractivity contribution in [3.05, 3.63) is 41.4 Å². The molecule has 0 radical (unpaired) electrons. The number of fused-ring (bicyclic) bond motifs is 1. The summed E-state index contributed by atoms with van der Waals surface area (Å²) in [5, 5.41) is 14.5. The van der Waals surface area contributed by atoms with Gasteiger partial charge in [-0.2, -0.15) is 4.68 Å². The van der Waals surface area contributed by atoms with Crippen molar-refractivity contribution in [3.8, 4) is 0 Å². The molecule has 0 amide bonds. The summed E-state index contributed by atoms with van der Waals surface area (Å²) >= 11 is 0. The minimum absolute atomic E-state index is 0.299. The fourth-order valence-corrected chi connectivity index (χ4v) is 2.30. The first kappa shape index (κ1) is 13.2. The number of nitrogens with zero attached hydrogens (tertiary/aromatic N) is 5. The SMILES string of the molecule is CCOC(=O)C1=C(C)Nc2nnnn2[C@@H]1c1ccccn1. The van der Waals surface area contributed by atoms with Crippen molar-refractivity contribution >= 4 is 11.9 Å². The summed E-state index contributed by atoms with van der Waals surface area (Å²) in [6, 6.07) is 4.99. The number of hydrogen-bond acceptors (Lipinski definition) is 7. The molecule has 0 spiro atoms. The smallest absolute Gasteiger partial charge is 0.338 e. The van der Waals surface area contributed by atoms with E-state index in [2.05, 4.69) is 25.8 Å². The van der Waals surface area contributed by atoms with Gasteiger partial charge in [-0.05, 0) is 36.4 Å². The van der Waals surface area contributed by atoms with E-state index in [-0.39, 0.29) is 0 Å². The molecular weight excluding hydrogens is 272 g/mol. The van der Waals surface area contributed by atoms with Crippen LogP contribution in [0.25, 0.3) is 0 Å². The van der Waals surface area contributed by atoms with Gasteiger partial charge in [0.1, 0.15) is 6.04 Å². The normalized spacial score (nSPS) is 17.1. The fourth-order valence-electron chi connectivity index (χ4n) is 2.30. The molecule has 0 unspecified atom stereocenters. The lowest BCUT2D eigenvalue weighted by atomic mass is 10.00. The van der Waals surface area contributed by atoms with E-state index >= 15 is 0 Å². The van der Waals surface area contributed by atoms with E-state index in [0.717, 1.165) is 0 Å². The predicted octanol–water partition coefficient (Wildman–Crippen LogP) is 0.920. The number of pyridine rings is 1. The molecule has 1 aliphatic heterocycles. The van der Waals surface area contributed by atoms with E-state index in [4.69, 9.17) is 4.74 Å². The van der Waals surface area contributed by atoms with Crippen molar-refractivity contribution in [2.45, 2.75) is 19.9 Å². The summed E-state index contributed by atoms with van der Waals surface area (Å²) in [6.07, 6.45) is 1.67. The van der Waals surface area contributed by atoms with Crippen LogP contribution in [0.4, 0.5) is 5.95 Å². The van der Waals surface area contributed by atoms with Crippen molar-refractivity contribution in [2.24, 2.45) is 0 Å². The summed E-state index contributed by atoms with van der Waals surface area (Å²) in [5.74, 6) is 0.0653. The number of nitrogens with one attached hydrogen (secondary N) is 1. The van der Waals surface area contributed by atoms with Gasteiger partial charge in [0.05, 0.1) is 17.9 Å². The highest BCUT2D eigenvalue weighted by molar-refractivity contribution is 5.92. The third kappa shape index (κ3) is 2.24. The Bertz CT molecular complexity index is 694. The number of aromatic nitrogens is 5. The average Bonchev–Trinajstić information content (AvgIpc) is 2.94. The first-order valence-electron chi connectivity index (χ1n) is 6.56. The molecule has 21 heavy (non-hydrogen) atoms. The van der Waals surface area contributed by atoms with Crippen LogP contribution in [0.2, 0.25) is 0 Å². The predicted molar refractivity (Wildman–Crippen MR) is 73.1 cm³/mol. The summed E-state index contributed by atoms with van der Waals surface area (Å²) in [5.41, 5.74) is 1.79. The lowest BCUT2D eigenvalue weighted by Gasteiger charge is -2.26. The monoisotopic (exact) mass is 286 g/mol. The van der Waals surface area contributed by atoms with Crippen LogP contribution < -0.4 is 5.32 Å². The third-order valence-corrected chi connectivity index (χ3v) is 3.18. The second-order valence-electron chi connectivity index (χ2n) is 4.49. The number of tetrazole rings is 1. The highest BCUT2D eigenvalue weighted by atomic mass is 16.5. The highest BCUT2D eigenvalue weighted by Gasteiger charge is 2.35. The molecule has 1 N–H and O–H groups in total. The Morgan fingerprint density at radius 3 is 3.05 bits per heavy atom. The Hall–Kier alpha value is -2.77. The summed E-state index contributed by atoms with van der Waals surface area (Å²) in [6.45, 7) is 3.86. The number of hydrogen-bond donors (Lipinski definition) is 1. The molecule has 0 saturated heterocycles. The minimum atomic E-state index is -0.503. The van der Waals surface area contributed by atoms with Gasteiger partial charge in [-0.25, -0.2) is 4.79 Å². The molecule has 0 aliphatic carbocycles. The van der Waals surface area contributed by atoms with Crippen LogP contribution in [-0.4, -0.2) is 37.8 Å². The maximum atomic E-state index is 12.3. The second-order valence-corrected chi connectivity index (χ2v) is 4.49. The van der Waals surface area contributed by atoms with E-state index in [1.54, 1.807) is 20.0 Å². The van der Waals surface area contributed by atoms with Crippen LogP contribution in [0.1, 0.15) is 25.6 Å². The van der Waals surface area contributed by atoms with Gasteiger partial charge in [-0.1, -0.05) is 11.2 Å². The fraction of sp³-hybridized carbons (Fsp3) is 0.308. The largest absolute Gasteiger partial charge is 0.463 e. The lowest BCUT2D eigenvalue weighted by molar-refractivity contribution is -0.139. The van der Waals surface area contributed by atoms with Crippen molar-refractivity contribution in [3.63, 3.8) is 0 Å². The van der Waals surface area contributed by atoms with Crippen LogP contribution in [0, 0.1) is 0 Å². The van der Waals surface area contributed by atoms with Gasteiger partial charge in [0.2, 0.25) is 5.95 Å². The molecule has 1 atom stereocenters. The van der Waals surface area contributed by atoms with Crippen molar-refractivity contribution in [2.75, 3.05) is 11.9 Å². The van der Waals surface area contributed by atoms with E-state index < -0.39 is 12.0 Å². The number of carbonyl (C=O) groups excluding carboxylic acids is 1. The van der Waals surface area contributed by atoms with Gasteiger partial charge in [0, 0.05) is 11.9 Å². The maximum absolute atomic E-state index is 12.3. The van der Waals surface area contributed by atoms with Crippen molar-refractivity contribution < 1.29 is 9.53 Å². The van der Waals surface area contributed by atoms with Crippen molar-refractivity contribution in [1.29, 1.82) is 0 Å². The number of esters is 1. The van der Waals surface area contributed by atoms with Gasteiger partial charge < -0.3 is 10.1 Å². The minimum Gasteiger partial charge on any atom is -0.463 e. The van der Waals surface area contributed by atoms with Crippen LogP contribution in [-0.2, 0) is 9.53 Å². The summed E-state index contributed by atoms with van der Waals surface area (Å²) in [4.78, 5) is 16.6. The first-order chi connectivity index (χ1) is 10.2. The molecule has 2 aromatic heterocycles. The summed E-state index contributed by atoms with van der Waals surface area (Å²) < 4.78 is 6.68. The van der Waals surface area contributed by atoms with Gasteiger partial charge in [-0.3, -0.25) is 4.98 Å². The van der Waals surface area contributed by atoms with Crippen LogP contribution in [0.15, 0.2) is 35.7 Å². The molecular formula is C13H14N6O2. The molecule has 0 saturated carbocycles. The Labute approximate surface area is 120 Å². The molecule has 1 aliphatic rings. The van der Waals surface area contributed by atoms with E-state index in [9.17, 15) is 4.79 Å². The van der Waals surface area contributed by atoms with E-state index in [1.165, 1.54) is 4.68 Å². The molecule has 8 nitrogen and oxygen atoms in total. The average molecular weight is 286 g/mol. The Morgan fingerprint density at radius 2 is 2.33 bits per heavy atom. The van der Waals surface area contributed by atoms with Gasteiger partial charge in [0.25, 0.3) is 0 Å². The van der Waals surface area contributed by atoms with Gasteiger partial charge in [-0.15, -0.1) is 0 Å². The number of allylic oxidation sites excluding steroid dienone is 1. The summed E-state index contributed by atoms with van der Waals surface area (Å²) in [7, 11) is 0. The molecule has 108 valence electrons. The molecule has 3 heterocycles. The zero-order chi connectivity index (χ0) is 14.8. The zero-order valence-electron chi connectivity index (χ0n) is 11.6. The number of rotatable bonds is 3. The molecule has 0 bridgehead atoms. The first-order valence-corrected chi connectivity index (χ1v) is 6.56. The van der Waals surface area contributed by atoms with Gasteiger partial charge in [0.15, 0.2) is 0 Å². The standard InChI is InChI=1S/C13H14N6O2/c1-3-21-12(20)10-8(2)15-13-16-17-18-19(13)11(10)9-6-4-5-7-14-9/h4-7,11H,3H2,1-2H3,(H,15,16,18)/t11-/m1/s1. The quantitative estimate of drug-likeness (QED) is 0.838. The molecule has 0 aromatic carbocycles. The zero-order valence-corrected chi connectivity index (χ0v) is 11.6. The number of carbonyl (C=O) groups is 1. The molecule has 0 fully saturated rings. The van der Waals surface area contributed by atoms with Crippen LogP contribution >= 0.6 is 0 Å². The lowest BCUT2D eigenvalue weighted by Crippen LogP contribution is -2.30. The van der Waals surface area contributed by atoms with Crippen LogP contribution in [0.3, 0.4) is 0 Å². The highest BCUT2D eigenvalue weighted by Crippen LogP contribution is 2.33. The maximum Gasteiger partial charge on any atom is 0.338 e. The second kappa shape index (κ2) is 5.31. The number of anilines is 1. The van der Waals surface area contributed by atoms with E-state index in [0.29, 0.717) is 29.5 Å².